The minimum atomic E-state index is -4.45. The molecule has 0 amide bonds. The van der Waals surface area contributed by atoms with Crippen molar-refractivity contribution in [3.05, 3.63) is 27.7 Å². The molecule has 0 saturated heterocycles. The summed E-state index contributed by atoms with van der Waals surface area (Å²) in [6.45, 7) is -0.291. The van der Waals surface area contributed by atoms with Crippen molar-refractivity contribution >= 4 is 21.7 Å². The maximum atomic E-state index is 11.9. The van der Waals surface area contributed by atoms with Crippen molar-refractivity contribution in [1.82, 2.24) is 0 Å². The van der Waals surface area contributed by atoms with Crippen molar-refractivity contribution in [2.45, 2.75) is 13.1 Å². The van der Waals surface area contributed by atoms with E-state index in [1.807, 2.05) is 0 Å². The highest BCUT2D eigenvalue weighted by molar-refractivity contribution is 9.10. The van der Waals surface area contributed by atoms with Gasteiger partial charge < -0.3 is 9.47 Å². The second kappa shape index (κ2) is 6.38. The van der Waals surface area contributed by atoms with Gasteiger partial charge in [0, 0.05) is 4.47 Å². The second-order valence-electron chi connectivity index (χ2n) is 3.83. The first-order chi connectivity index (χ1) is 8.74. The Morgan fingerprint density at radius 3 is 2.53 bits per heavy atom. The molecular weight excluding hydrogens is 329 g/mol. The quantitative estimate of drug-likeness (QED) is 0.769. The normalized spacial score (nSPS) is 11.5. The summed E-state index contributed by atoms with van der Waals surface area (Å²) in [5.41, 5.74) is 1.03. The number of ketones is 1. The van der Waals surface area contributed by atoms with E-state index >= 15 is 0 Å². The summed E-state index contributed by atoms with van der Waals surface area (Å²) in [5, 5.41) is 0. The molecule has 0 aliphatic carbocycles. The third kappa shape index (κ3) is 4.83. The Morgan fingerprint density at radius 2 is 2.00 bits per heavy atom. The molecule has 0 aromatic heterocycles. The van der Waals surface area contributed by atoms with E-state index in [-0.39, 0.29) is 5.56 Å². The van der Waals surface area contributed by atoms with Gasteiger partial charge in [0.05, 0.1) is 12.7 Å². The fraction of sp³-hybridized carbons (Fsp3) is 0.417. The van der Waals surface area contributed by atoms with Crippen LogP contribution in [0.3, 0.4) is 0 Å². The molecule has 0 bridgehead atoms. The number of hydrogen-bond acceptors (Lipinski definition) is 3. The highest BCUT2D eigenvalue weighted by atomic mass is 79.9. The average molecular weight is 341 g/mol. The highest BCUT2D eigenvalue weighted by Gasteiger charge is 2.28. The number of Topliss-reactive ketones (excluding diaryl/α,β-unsaturated/α-hetero) is 1. The second-order valence-corrected chi connectivity index (χ2v) is 4.69. The third-order valence-corrected chi connectivity index (χ3v) is 3.13. The van der Waals surface area contributed by atoms with E-state index in [1.54, 1.807) is 13.0 Å². The molecule has 0 spiro atoms. The molecule has 0 radical (unpaired) electrons. The molecule has 0 atom stereocenters. The largest absolute Gasteiger partial charge is 0.496 e. The highest BCUT2D eigenvalue weighted by Crippen LogP contribution is 2.27. The molecule has 0 N–H and O–H groups in total. The minimum Gasteiger partial charge on any atom is -0.496 e. The molecule has 0 aliphatic heterocycles. The van der Waals surface area contributed by atoms with Crippen LogP contribution in [0.4, 0.5) is 13.2 Å². The topological polar surface area (TPSA) is 35.5 Å². The van der Waals surface area contributed by atoms with Crippen molar-refractivity contribution in [3.63, 3.8) is 0 Å². The molecule has 1 rings (SSSR count). The van der Waals surface area contributed by atoms with Gasteiger partial charge in [-0.3, -0.25) is 4.79 Å². The monoisotopic (exact) mass is 340 g/mol. The number of alkyl halides is 3. The maximum absolute atomic E-state index is 11.9. The molecule has 0 unspecified atom stereocenters. The van der Waals surface area contributed by atoms with Crippen molar-refractivity contribution in [3.8, 4) is 5.75 Å². The van der Waals surface area contributed by atoms with Gasteiger partial charge in [0.25, 0.3) is 0 Å². The lowest BCUT2D eigenvalue weighted by molar-refractivity contribution is -0.170. The predicted octanol–water partition coefficient (Wildman–Crippen LogP) is 3.53. The lowest BCUT2D eigenvalue weighted by Crippen LogP contribution is -2.20. The number of carbonyl (C=O) groups excluding carboxylic acids is 1. The smallest absolute Gasteiger partial charge is 0.411 e. The Morgan fingerprint density at radius 1 is 1.37 bits per heavy atom. The summed E-state index contributed by atoms with van der Waals surface area (Å²) in [6, 6.07) is 3.13. The van der Waals surface area contributed by atoms with Gasteiger partial charge in [-0.15, -0.1) is 0 Å². The van der Waals surface area contributed by atoms with Gasteiger partial charge in [-0.2, -0.15) is 13.2 Å². The Bertz CT molecular complexity index is 472. The summed E-state index contributed by atoms with van der Waals surface area (Å²) in [7, 11) is 1.38. The van der Waals surface area contributed by atoms with Crippen molar-refractivity contribution in [2.75, 3.05) is 20.3 Å². The molecule has 0 fully saturated rings. The first-order valence-electron chi connectivity index (χ1n) is 5.26. The van der Waals surface area contributed by atoms with Crippen LogP contribution in [-0.2, 0) is 4.74 Å². The number of aryl methyl sites for hydroxylation is 1. The van der Waals surface area contributed by atoms with Crippen LogP contribution in [0.25, 0.3) is 0 Å². The zero-order valence-corrected chi connectivity index (χ0v) is 11.9. The minimum absolute atomic E-state index is 0.183. The first kappa shape index (κ1) is 16.0. The standard InChI is InChI=1S/C12H12BrF3O3/c1-7-3-11(18-2)8(4-9(7)13)10(17)5-19-6-12(14,15)16/h3-4H,5-6H2,1-2H3. The zero-order valence-electron chi connectivity index (χ0n) is 10.3. The van der Waals surface area contributed by atoms with Crippen LogP contribution in [0.15, 0.2) is 16.6 Å². The van der Waals surface area contributed by atoms with Crippen molar-refractivity contribution in [1.29, 1.82) is 0 Å². The van der Waals surface area contributed by atoms with Crippen LogP contribution >= 0.6 is 15.9 Å². The first-order valence-corrected chi connectivity index (χ1v) is 6.05. The van der Waals surface area contributed by atoms with Crippen LogP contribution in [0.1, 0.15) is 15.9 Å². The molecule has 1 aromatic carbocycles. The van der Waals surface area contributed by atoms with Crippen LogP contribution in [-0.4, -0.2) is 32.3 Å². The van der Waals surface area contributed by atoms with Gasteiger partial charge in [-0.05, 0) is 24.6 Å². The molecule has 0 saturated carbocycles. The summed E-state index contributed by atoms with van der Waals surface area (Å²) in [6.07, 6.45) is -4.45. The molecule has 106 valence electrons. The molecule has 19 heavy (non-hydrogen) atoms. The predicted molar refractivity (Wildman–Crippen MR) is 66.6 cm³/mol. The zero-order chi connectivity index (χ0) is 14.6. The maximum Gasteiger partial charge on any atom is 0.411 e. The summed E-state index contributed by atoms with van der Waals surface area (Å²) >= 11 is 3.25. The Kier molecular flexibility index (Phi) is 5.37. The number of carbonyl (C=O) groups is 1. The lowest BCUT2D eigenvalue weighted by atomic mass is 10.1. The molecule has 1 aromatic rings. The van der Waals surface area contributed by atoms with E-state index in [0.29, 0.717) is 10.2 Å². The summed E-state index contributed by atoms with van der Waals surface area (Å²) in [4.78, 5) is 11.8. The average Bonchev–Trinajstić information content (AvgIpc) is 2.30. The van der Waals surface area contributed by atoms with E-state index in [9.17, 15) is 18.0 Å². The van der Waals surface area contributed by atoms with E-state index in [2.05, 4.69) is 20.7 Å². The van der Waals surface area contributed by atoms with E-state index in [1.165, 1.54) is 13.2 Å². The fourth-order valence-corrected chi connectivity index (χ4v) is 1.72. The van der Waals surface area contributed by atoms with Gasteiger partial charge in [-0.25, -0.2) is 0 Å². The Balaban J connectivity index is 2.79. The number of benzene rings is 1. The van der Waals surface area contributed by atoms with Crippen LogP contribution < -0.4 is 4.74 Å². The van der Waals surface area contributed by atoms with Crippen molar-refractivity contribution in [2.24, 2.45) is 0 Å². The van der Waals surface area contributed by atoms with Crippen LogP contribution in [0.5, 0.6) is 5.75 Å². The molecule has 7 heteroatoms. The number of ether oxygens (including phenoxy) is 2. The van der Waals surface area contributed by atoms with Crippen LogP contribution in [0.2, 0.25) is 0 Å². The summed E-state index contributed by atoms with van der Waals surface area (Å²) in [5.74, 6) is -0.261. The Hall–Kier alpha value is -1.08. The van der Waals surface area contributed by atoms with Gasteiger partial charge in [0.1, 0.15) is 19.0 Å². The van der Waals surface area contributed by atoms with E-state index in [0.717, 1.165) is 5.56 Å². The Labute approximate surface area is 116 Å². The van der Waals surface area contributed by atoms with E-state index < -0.39 is 25.2 Å². The fourth-order valence-electron chi connectivity index (χ4n) is 1.38. The number of halogens is 4. The lowest BCUT2D eigenvalue weighted by Gasteiger charge is -2.11. The van der Waals surface area contributed by atoms with Gasteiger partial charge in [-0.1, -0.05) is 15.9 Å². The number of methoxy groups -OCH3 is 1. The SMILES string of the molecule is COc1cc(C)c(Br)cc1C(=O)COCC(F)(F)F. The van der Waals surface area contributed by atoms with Gasteiger partial charge >= 0.3 is 6.18 Å². The number of hydrogen-bond donors (Lipinski definition) is 0. The molecule has 0 heterocycles. The number of rotatable bonds is 5. The molecule has 0 aliphatic rings. The van der Waals surface area contributed by atoms with E-state index in [4.69, 9.17) is 4.74 Å². The van der Waals surface area contributed by atoms with Crippen LogP contribution in [0, 0.1) is 6.92 Å². The molecule has 3 nitrogen and oxygen atoms in total. The third-order valence-electron chi connectivity index (χ3n) is 2.28. The molecular formula is C12H12BrF3O3. The summed E-state index contributed by atoms with van der Waals surface area (Å²) < 4.78 is 45.7. The van der Waals surface area contributed by atoms with Gasteiger partial charge in [0.2, 0.25) is 0 Å². The van der Waals surface area contributed by atoms with Gasteiger partial charge in [0.15, 0.2) is 5.78 Å². The van der Waals surface area contributed by atoms with Crippen molar-refractivity contribution < 1.29 is 27.4 Å².